The number of nitrogens with zero attached hydrogens (tertiary/aromatic N) is 6. The summed E-state index contributed by atoms with van der Waals surface area (Å²) >= 11 is 0.970. The zero-order valence-electron chi connectivity index (χ0n) is 15.9. The normalized spacial score (nSPS) is 27.7. The first-order valence-electron chi connectivity index (χ1n) is 8.88. The lowest BCUT2D eigenvalue weighted by atomic mass is 9.93. The van der Waals surface area contributed by atoms with Gasteiger partial charge in [-0.05, 0) is 30.1 Å². The van der Waals surface area contributed by atoms with E-state index in [1.807, 2.05) is 19.1 Å². The Kier molecular flexibility index (Phi) is 6.33. The van der Waals surface area contributed by atoms with Crippen LogP contribution < -0.4 is 0 Å². The molecule has 4 atom stereocenters. The minimum atomic E-state index is -2.69. The number of aryl methyl sites for hydroxylation is 1. The molecule has 2 aromatic rings. The Hall–Kier alpha value is -3.04. The summed E-state index contributed by atoms with van der Waals surface area (Å²) in [5, 5.41) is 28.8. The number of hydrogen-bond acceptors (Lipinski definition) is 7. The van der Waals surface area contributed by atoms with Crippen molar-refractivity contribution < 1.29 is 19.7 Å². The number of carbonyl (C=O) groups excluding carboxylic acids is 1. The average molecular weight is 426 g/mol. The van der Waals surface area contributed by atoms with Gasteiger partial charge >= 0.3 is 0 Å². The Labute approximate surface area is 175 Å². The van der Waals surface area contributed by atoms with Crippen LogP contribution in [0.5, 0.6) is 0 Å². The lowest BCUT2D eigenvalue weighted by molar-refractivity contribution is -0.128. The van der Waals surface area contributed by atoms with Crippen LogP contribution in [0.4, 0.5) is 0 Å². The fourth-order valence-corrected chi connectivity index (χ4v) is 4.21. The van der Waals surface area contributed by atoms with Crippen molar-refractivity contribution >= 4 is 17.5 Å². The van der Waals surface area contributed by atoms with Gasteiger partial charge in [0.2, 0.25) is 11.4 Å². The van der Waals surface area contributed by atoms with Crippen molar-refractivity contribution in [1.29, 1.82) is 0 Å². The SMILES string of the molecule is Cc1ccc(S[C@@H]2O[C@H](CC(=O)c3ccccc3)[C@](O)(N=[N+]=[N-])[C@]2(O)N=[N+]=[N-])cc1. The number of Topliss-reactive ketones (excluding diaryl/α,β-unsaturated/α-hetero) is 1. The summed E-state index contributed by atoms with van der Waals surface area (Å²) in [5.74, 6) is -0.406. The number of thioether (sulfide) groups is 1. The quantitative estimate of drug-likeness (QED) is 0.294. The van der Waals surface area contributed by atoms with Gasteiger partial charge in [0.15, 0.2) is 5.78 Å². The second kappa shape index (κ2) is 8.76. The number of azide groups is 2. The van der Waals surface area contributed by atoms with Crippen molar-refractivity contribution in [3.63, 3.8) is 0 Å². The highest BCUT2D eigenvalue weighted by molar-refractivity contribution is 7.99. The maximum Gasteiger partial charge on any atom is 0.217 e. The molecule has 0 radical (unpaired) electrons. The Balaban J connectivity index is 1.97. The van der Waals surface area contributed by atoms with Crippen LogP contribution in [-0.2, 0) is 4.74 Å². The molecular weight excluding hydrogens is 408 g/mol. The van der Waals surface area contributed by atoms with Crippen molar-refractivity contribution in [1.82, 2.24) is 0 Å². The molecule has 1 aliphatic heterocycles. The summed E-state index contributed by atoms with van der Waals surface area (Å²) in [7, 11) is 0. The summed E-state index contributed by atoms with van der Waals surface area (Å²) < 4.78 is 5.74. The molecule has 1 fully saturated rings. The predicted molar refractivity (Wildman–Crippen MR) is 109 cm³/mol. The molecule has 10 nitrogen and oxygen atoms in total. The fraction of sp³-hybridized carbons (Fsp3) is 0.316. The largest absolute Gasteiger partial charge is 0.379 e. The maximum atomic E-state index is 12.6. The Morgan fingerprint density at radius 2 is 1.67 bits per heavy atom. The molecule has 0 saturated carbocycles. The summed E-state index contributed by atoms with van der Waals surface area (Å²) in [6.45, 7) is 1.91. The molecule has 0 spiro atoms. The number of aliphatic hydroxyl groups is 2. The lowest BCUT2D eigenvalue weighted by Gasteiger charge is -2.33. The van der Waals surface area contributed by atoms with E-state index < -0.39 is 35.2 Å². The topological polar surface area (TPSA) is 164 Å². The summed E-state index contributed by atoms with van der Waals surface area (Å²) in [6, 6.07) is 15.4. The molecule has 0 unspecified atom stereocenters. The molecule has 0 amide bonds. The van der Waals surface area contributed by atoms with E-state index >= 15 is 0 Å². The van der Waals surface area contributed by atoms with E-state index in [-0.39, 0.29) is 0 Å². The summed E-state index contributed by atoms with van der Waals surface area (Å²) in [6.07, 6.45) is -1.85. The third-order valence-electron chi connectivity index (χ3n) is 4.73. The van der Waals surface area contributed by atoms with Gasteiger partial charge in [0, 0.05) is 26.7 Å². The van der Waals surface area contributed by atoms with Crippen LogP contribution in [0, 0.1) is 6.92 Å². The van der Waals surface area contributed by atoms with Gasteiger partial charge < -0.3 is 14.9 Å². The molecular formula is C19H18N6O4S. The Bertz CT molecular complexity index is 1020. The van der Waals surface area contributed by atoms with Gasteiger partial charge in [-0.3, -0.25) is 4.79 Å². The fourth-order valence-electron chi connectivity index (χ4n) is 3.10. The van der Waals surface area contributed by atoms with Gasteiger partial charge in [0.25, 0.3) is 0 Å². The van der Waals surface area contributed by atoms with Crippen molar-refractivity contribution in [3.8, 4) is 0 Å². The molecule has 1 saturated heterocycles. The maximum absolute atomic E-state index is 12.6. The standard InChI is InChI=1S/C19H18N6O4S/c1-12-7-9-14(10-8-12)30-17-19(28,23-25-21)18(27,22-24-20)16(29-17)11-15(26)13-5-3-2-4-6-13/h2-10,16-17,27-28H,11H2,1H3/t16-,17+,18-,19+/m1/s1. The van der Waals surface area contributed by atoms with Crippen molar-refractivity contribution in [3.05, 3.63) is 86.6 Å². The van der Waals surface area contributed by atoms with Gasteiger partial charge in [-0.1, -0.05) is 70.0 Å². The molecule has 11 heteroatoms. The van der Waals surface area contributed by atoms with Gasteiger partial charge in [0.05, 0.1) is 0 Å². The summed E-state index contributed by atoms with van der Waals surface area (Å²) in [4.78, 5) is 18.5. The van der Waals surface area contributed by atoms with Crippen LogP contribution >= 0.6 is 11.8 Å². The smallest absolute Gasteiger partial charge is 0.217 e. The van der Waals surface area contributed by atoms with Crippen molar-refractivity contribution in [2.75, 3.05) is 0 Å². The first-order valence-corrected chi connectivity index (χ1v) is 9.76. The predicted octanol–water partition coefficient (Wildman–Crippen LogP) is 4.08. The highest BCUT2D eigenvalue weighted by Gasteiger charge is 2.66. The Morgan fingerprint density at radius 3 is 2.27 bits per heavy atom. The van der Waals surface area contributed by atoms with E-state index in [4.69, 9.17) is 15.8 Å². The second-order valence-corrected chi connectivity index (χ2v) is 7.85. The zero-order chi connectivity index (χ0) is 21.8. The molecule has 3 rings (SSSR count). The highest BCUT2D eigenvalue weighted by Crippen LogP contribution is 2.49. The van der Waals surface area contributed by atoms with Crippen LogP contribution in [0.1, 0.15) is 22.3 Å². The van der Waals surface area contributed by atoms with Crippen molar-refractivity contribution in [2.45, 2.75) is 41.2 Å². The number of hydrogen-bond donors (Lipinski definition) is 2. The van der Waals surface area contributed by atoms with Crippen LogP contribution in [0.25, 0.3) is 20.9 Å². The molecule has 154 valence electrons. The van der Waals surface area contributed by atoms with E-state index in [2.05, 4.69) is 20.1 Å². The van der Waals surface area contributed by atoms with Gasteiger partial charge in [-0.2, -0.15) is 0 Å². The highest BCUT2D eigenvalue weighted by atomic mass is 32.2. The van der Waals surface area contributed by atoms with Crippen LogP contribution in [0.2, 0.25) is 0 Å². The average Bonchev–Trinajstić information content (AvgIpc) is 2.92. The molecule has 1 aliphatic rings. The number of ether oxygens (including phenoxy) is 1. The molecule has 1 heterocycles. The van der Waals surface area contributed by atoms with Gasteiger partial charge in [0.1, 0.15) is 11.5 Å². The molecule has 0 aromatic heterocycles. The van der Waals surface area contributed by atoms with E-state index in [0.717, 1.165) is 17.3 Å². The van der Waals surface area contributed by atoms with Crippen LogP contribution in [0.15, 0.2) is 69.7 Å². The van der Waals surface area contributed by atoms with Gasteiger partial charge in [-0.25, -0.2) is 0 Å². The molecule has 2 aromatic carbocycles. The lowest BCUT2D eigenvalue weighted by Crippen LogP contribution is -2.56. The van der Waals surface area contributed by atoms with E-state index in [0.29, 0.717) is 10.5 Å². The number of ketones is 1. The molecule has 30 heavy (non-hydrogen) atoms. The third-order valence-corrected chi connectivity index (χ3v) is 5.93. The second-order valence-electron chi connectivity index (χ2n) is 6.71. The first-order chi connectivity index (χ1) is 14.3. The van der Waals surface area contributed by atoms with Crippen LogP contribution in [0.3, 0.4) is 0 Å². The van der Waals surface area contributed by atoms with Crippen molar-refractivity contribution in [2.24, 2.45) is 10.2 Å². The summed E-state index contributed by atoms with van der Waals surface area (Å²) in [5.41, 5.74) is 12.6. The number of rotatable bonds is 7. The minimum Gasteiger partial charge on any atom is -0.379 e. The Morgan fingerprint density at radius 1 is 1.07 bits per heavy atom. The molecule has 0 bridgehead atoms. The minimum absolute atomic E-state index is 0.353. The van der Waals surface area contributed by atoms with Crippen LogP contribution in [-0.4, -0.2) is 39.0 Å². The van der Waals surface area contributed by atoms with E-state index in [1.165, 1.54) is 0 Å². The number of carbonyl (C=O) groups is 1. The van der Waals surface area contributed by atoms with Gasteiger partial charge in [-0.15, -0.1) is 0 Å². The third kappa shape index (κ3) is 3.99. The molecule has 0 aliphatic carbocycles. The number of benzene rings is 2. The first kappa shape index (κ1) is 21.7. The van der Waals surface area contributed by atoms with E-state index in [9.17, 15) is 15.0 Å². The zero-order valence-corrected chi connectivity index (χ0v) is 16.7. The molecule has 2 N–H and O–H groups in total. The van der Waals surface area contributed by atoms with E-state index in [1.54, 1.807) is 42.5 Å². The monoisotopic (exact) mass is 426 g/mol.